The summed E-state index contributed by atoms with van der Waals surface area (Å²) in [4.78, 5) is 20.6. The molecule has 19 heavy (non-hydrogen) atoms. The Balaban J connectivity index is 2.21. The Morgan fingerprint density at radius 3 is 2.53 bits per heavy atom. The van der Waals surface area contributed by atoms with Gasteiger partial charge in [0, 0.05) is 12.1 Å². The molecule has 1 aromatic heterocycles. The highest BCUT2D eigenvalue weighted by molar-refractivity contribution is 5.92. The first-order chi connectivity index (χ1) is 9.10. The number of rotatable bonds is 4. The number of benzene rings is 1. The quantitative estimate of drug-likeness (QED) is 0.913. The Morgan fingerprint density at radius 2 is 1.84 bits per heavy atom. The molecule has 0 saturated carbocycles. The topological polar surface area (TPSA) is 54.9 Å². The fourth-order valence-corrected chi connectivity index (χ4v) is 1.87. The van der Waals surface area contributed by atoms with E-state index in [9.17, 15) is 4.79 Å². The second-order valence-electron chi connectivity index (χ2n) is 4.75. The van der Waals surface area contributed by atoms with E-state index in [-0.39, 0.29) is 5.91 Å². The summed E-state index contributed by atoms with van der Waals surface area (Å²) in [7, 11) is 0. The van der Waals surface area contributed by atoms with Gasteiger partial charge in [0.2, 0.25) is 5.91 Å². The predicted octanol–water partition coefficient (Wildman–Crippen LogP) is 3.38. The number of fused-ring (bicyclic) bond motifs is 1. The van der Waals surface area contributed by atoms with Gasteiger partial charge in [0.05, 0.1) is 22.4 Å². The third-order valence-electron chi connectivity index (χ3n) is 3.12. The first-order valence-corrected chi connectivity index (χ1v) is 6.65. The highest BCUT2D eigenvalue weighted by Gasteiger charge is 2.05. The molecule has 0 atom stereocenters. The van der Waals surface area contributed by atoms with Crippen LogP contribution < -0.4 is 5.32 Å². The minimum atomic E-state index is 0.0537. The molecule has 1 heterocycles. The number of hydrogen-bond acceptors (Lipinski definition) is 3. The van der Waals surface area contributed by atoms with Crippen molar-refractivity contribution in [3.8, 4) is 0 Å². The maximum atomic E-state index is 11.7. The lowest BCUT2D eigenvalue weighted by Crippen LogP contribution is -2.10. The lowest BCUT2D eigenvalue weighted by atomic mass is 10.2. The highest BCUT2D eigenvalue weighted by Crippen LogP contribution is 2.17. The predicted molar refractivity (Wildman–Crippen MR) is 77.2 cm³/mol. The van der Waals surface area contributed by atoms with Crippen LogP contribution in [0.3, 0.4) is 0 Å². The molecule has 0 bridgehead atoms. The summed E-state index contributed by atoms with van der Waals surface area (Å²) in [6.45, 7) is 5.96. The van der Waals surface area contributed by atoms with E-state index >= 15 is 0 Å². The summed E-state index contributed by atoms with van der Waals surface area (Å²) in [6, 6.07) is 5.64. The van der Waals surface area contributed by atoms with E-state index in [1.54, 1.807) is 0 Å². The second kappa shape index (κ2) is 5.78. The third kappa shape index (κ3) is 3.28. The van der Waals surface area contributed by atoms with E-state index in [2.05, 4.69) is 22.2 Å². The summed E-state index contributed by atoms with van der Waals surface area (Å²) in [5, 5.41) is 2.90. The smallest absolute Gasteiger partial charge is 0.224 e. The second-order valence-corrected chi connectivity index (χ2v) is 4.75. The average Bonchev–Trinajstić information content (AvgIpc) is 2.38. The van der Waals surface area contributed by atoms with Gasteiger partial charge in [-0.05, 0) is 38.5 Å². The molecule has 1 aromatic carbocycles. The number of carbonyl (C=O) groups is 1. The molecule has 0 spiro atoms. The van der Waals surface area contributed by atoms with Gasteiger partial charge in [-0.2, -0.15) is 0 Å². The van der Waals surface area contributed by atoms with Gasteiger partial charge in [-0.1, -0.05) is 13.3 Å². The minimum absolute atomic E-state index is 0.0537. The molecule has 1 amide bonds. The maximum Gasteiger partial charge on any atom is 0.224 e. The van der Waals surface area contributed by atoms with Crippen LogP contribution in [0.25, 0.3) is 11.0 Å². The SMILES string of the molecule is CCCCC(=O)Nc1ccc2nc(C)c(C)nc2c1. The number of amides is 1. The molecule has 0 fully saturated rings. The summed E-state index contributed by atoms with van der Waals surface area (Å²) >= 11 is 0. The molecule has 1 N–H and O–H groups in total. The van der Waals surface area contributed by atoms with Crippen LogP contribution in [0, 0.1) is 13.8 Å². The van der Waals surface area contributed by atoms with Crippen molar-refractivity contribution in [2.24, 2.45) is 0 Å². The summed E-state index contributed by atoms with van der Waals surface area (Å²) < 4.78 is 0. The number of hydrogen-bond donors (Lipinski definition) is 1. The van der Waals surface area contributed by atoms with E-state index in [0.717, 1.165) is 41.0 Å². The highest BCUT2D eigenvalue weighted by atomic mass is 16.1. The lowest BCUT2D eigenvalue weighted by molar-refractivity contribution is -0.116. The van der Waals surface area contributed by atoms with Crippen molar-refractivity contribution in [2.75, 3.05) is 5.32 Å². The summed E-state index contributed by atoms with van der Waals surface area (Å²) in [5.74, 6) is 0.0537. The van der Waals surface area contributed by atoms with Crippen LogP contribution in [-0.4, -0.2) is 15.9 Å². The molecule has 0 aliphatic heterocycles. The zero-order valence-corrected chi connectivity index (χ0v) is 11.7. The van der Waals surface area contributed by atoms with Crippen molar-refractivity contribution in [3.63, 3.8) is 0 Å². The van der Waals surface area contributed by atoms with Gasteiger partial charge in [-0.25, -0.2) is 9.97 Å². The number of nitrogens with zero attached hydrogens (tertiary/aromatic N) is 2. The Bertz CT molecular complexity index is 608. The molecule has 0 unspecified atom stereocenters. The van der Waals surface area contributed by atoms with Crippen LogP contribution >= 0.6 is 0 Å². The zero-order valence-electron chi connectivity index (χ0n) is 11.7. The molecule has 0 saturated heterocycles. The number of aromatic nitrogens is 2. The Kier molecular flexibility index (Phi) is 4.10. The van der Waals surface area contributed by atoms with Crippen molar-refractivity contribution in [1.29, 1.82) is 0 Å². The van der Waals surface area contributed by atoms with Crippen LogP contribution in [0.15, 0.2) is 18.2 Å². The Hall–Kier alpha value is -1.97. The Labute approximate surface area is 113 Å². The molecule has 4 heteroatoms. The van der Waals surface area contributed by atoms with Gasteiger partial charge in [-0.3, -0.25) is 4.79 Å². The first-order valence-electron chi connectivity index (χ1n) is 6.65. The first kappa shape index (κ1) is 13.5. The fourth-order valence-electron chi connectivity index (χ4n) is 1.87. The summed E-state index contributed by atoms with van der Waals surface area (Å²) in [6.07, 6.45) is 2.50. The van der Waals surface area contributed by atoms with Crippen LogP contribution in [-0.2, 0) is 4.79 Å². The van der Waals surface area contributed by atoms with Crippen molar-refractivity contribution in [1.82, 2.24) is 9.97 Å². The zero-order chi connectivity index (χ0) is 13.8. The van der Waals surface area contributed by atoms with E-state index in [1.807, 2.05) is 32.0 Å². The van der Waals surface area contributed by atoms with E-state index < -0.39 is 0 Å². The van der Waals surface area contributed by atoms with Gasteiger partial charge in [-0.15, -0.1) is 0 Å². The number of carbonyl (C=O) groups excluding carboxylic acids is 1. The third-order valence-corrected chi connectivity index (χ3v) is 3.12. The number of aryl methyl sites for hydroxylation is 2. The van der Waals surface area contributed by atoms with Crippen LogP contribution in [0.4, 0.5) is 5.69 Å². The Morgan fingerprint density at radius 1 is 1.16 bits per heavy atom. The van der Waals surface area contributed by atoms with Crippen LogP contribution in [0.1, 0.15) is 37.6 Å². The standard InChI is InChI=1S/C15H19N3O/c1-4-5-6-15(19)18-12-7-8-13-14(9-12)17-11(3)10(2)16-13/h7-9H,4-6H2,1-3H3,(H,18,19). The summed E-state index contributed by atoms with van der Waals surface area (Å²) in [5.41, 5.74) is 4.31. The van der Waals surface area contributed by atoms with Gasteiger partial charge < -0.3 is 5.32 Å². The largest absolute Gasteiger partial charge is 0.326 e. The van der Waals surface area contributed by atoms with Gasteiger partial charge >= 0.3 is 0 Å². The molecular weight excluding hydrogens is 238 g/mol. The van der Waals surface area contributed by atoms with Gasteiger partial charge in [0.25, 0.3) is 0 Å². The normalized spacial score (nSPS) is 10.7. The maximum absolute atomic E-state index is 11.7. The molecular formula is C15H19N3O. The fraction of sp³-hybridized carbons (Fsp3) is 0.400. The molecule has 2 aromatic rings. The van der Waals surface area contributed by atoms with E-state index in [0.29, 0.717) is 6.42 Å². The number of nitrogens with one attached hydrogen (secondary N) is 1. The lowest BCUT2D eigenvalue weighted by Gasteiger charge is -2.07. The van der Waals surface area contributed by atoms with E-state index in [4.69, 9.17) is 0 Å². The van der Waals surface area contributed by atoms with Crippen molar-refractivity contribution in [2.45, 2.75) is 40.0 Å². The monoisotopic (exact) mass is 257 g/mol. The molecule has 2 rings (SSSR count). The average molecular weight is 257 g/mol. The molecule has 0 radical (unpaired) electrons. The van der Waals surface area contributed by atoms with Crippen molar-refractivity contribution in [3.05, 3.63) is 29.6 Å². The molecule has 4 nitrogen and oxygen atoms in total. The van der Waals surface area contributed by atoms with Crippen LogP contribution in [0.2, 0.25) is 0 Å². The molecule has 0 aliphatic carbocycles. The van der Waals surface area contributed by atoms with Crippen molar-refractivity contribution < 1.29 is 4.79 Å². The number of anilines is 1. The van der Waals surface area contributed by atoms with Crippen molar-refractivity contribution >= 4 is 22.6 Å². The minimum Gasteiger partial charge on any atom is -0.326 e. The molecule has 0 aliphatic rings. The van der Waals surface area contributed by atoms with Gasteiger partial charge in [0.1, 0.15) is 0 Å². The molecule has 100 valence electrons. The van der Waals surface area contributed by atoms with E-state index in [1.165, 1.54) is 0 Å². The van der Waals surface area contributed by atoms with Crippen LogP contribution in [0.5, 0.6) is 0 Å². The van der Waals surface area contributed by atoms with Gasteiger partial charge in [0.15, 0.2) is 0 Å². The number of unbranched alkanes of at least 4 members (excludes halogenated alkanes) is 1.